The molecule has 0 radical (unpaired) electrons. The van der Waals surface area contributed by atoms with Gasteiger partial charge in [-0.25, -0.2) is 0 Å². The molecule has 1 aromatic carbocycles. The van der Waals surface area contributed by atoms with E-state index in [1.807, 2.05) is 38.1 Å². The molecule has 0 atom stereocenters. The summed E-state index contributed by atoms with van der Waals surface area (Å²) in [5.74, 6) is 0.497. The Morgan fingerprint density at radius 3 is 2.53 bits per heavy atom. The molecule has 1 N–H and O–H groups in total. The summed E-state index contributed by atoms with van der Waals surface area (Å²) in [4.78, 5) is 11.6. The van der Waals surface area contributed by atoms with Crippen LogP contribution in [0.4, 0.5) is 0 Å². The van der Waals surface area contributed by atoms with E-state index >= 15 is 0 Å². The number of amides is 1. The molecular weight excluding hydrogens is 214 g/mol. The molecule has 3 nitrogen and oxygen atoms in total. The van der Waals surface area contributed by atoms with Crippen LogP contribution in [0.3, 0.4) is 0 Å². The highest BCUT2D eigenvalue weighted by Gasteiger charge is 2.06. The minimum absolute atomic E-state index is 0.104. The molecule has 0 bridgehead atoms. The zero-order valence-corrected chi connectivity index (χ0v) is 10.8. The molecule has 0 heterocycles. The van der Waals surface area contributed by atoms with E-state index in [0.29, 0.717) is 25.5 Å². The highest BCUT2D eigenvalue weighted by molar-refractivity contribution is 5.76. The van der Waals surface area contributed by atoms with Crippen LogP contribution in [-0.4, -0.2) is 13.0 Å². The first kappa shape index (κ1) is 13.7. The average molecular weight is 235 g/mol. The molecule has 0 spiro atoms. The number of rotatable bonds is 6. The number of methoxy groups -OCH3 is 1. The molecule has 3 heteroatoms. The van der Waals surface area contributed by atoms with Crippen LogP contribution in [0.25, 0.3) is 0 Å². The van der Waals surface area contributed by atoms with Crippen molar-refractivity contribution in [2.45, 2.75) is 33.4 Å². The van der Waals surface area contributed by atoms with Crippen LogP contribution < -0.4 is 5.32 Å². The van der Waals surface area contributed by atoms with Crippen molar-refractivity contribution >= 4 is 5.91 Å². The molecule has 17 heavy (non-hydrogen) atoms. The Balaban J connectivity index is 2.53. The first-order valence-corrected chi connectivity index (χ1v) is 5.96. The first-order valence-electron chi connectivity index (χ1n) is 5.96. The van der Waals surface area contributed by atoms with Crippen LogP contribution in [0.5, 0.6) is 0 Å². The maximum Gasteiger partial charge on any atom is 0.220 e. The lowest BCUT2D eigenvalue weighted by atomic mass is 10.1. The van der Waals surface area contributed by atoms with Gasteiger partial charge in [-0.05, 0) is 17.0 Å². The van der Waals surface area contributed by atoms with Gasteiger partial charge in [-0.15, -0.1) is 0 Å². The Hall–Kier alpha value is -1.35. The largest absolute Gasteiger partial charge is 0.380 e. The van der Waals surface area contributed by atoms with Gasteiger partial charge in [0.15, 0.2) is 0 Å². The molecule has 0 aliphatic heterocycles. The Bertz CT molecular complexity index is 361. The second kappa shape index (κ2) is 7.07. The van der Waals surface area contributed by atoms with Crippen molar-refractivity contribution in [3.8, 4) is 0 Å². The molecular formula is C14H21NO2. The smallest absolute Gasteiger partial charge is 0.220 e. The predicted octanol–water partition coefficient (Wildman–Crippen LogP) is 2.50. The second-order valence-electron chi connectivity index (χ2n) is 4.58. The summed E-state index contributed by atoms with van der Waals surface area (Å²) in [6, 6.07) is 7.99. The number of hydrogen-bond acceptors (Lipinski definition) is 2. The Morgan fingerprint density at radius 1 is 1.29 bits per heavy atom. The van der Waals surface area contributed by atoms with Crippen LogP contribution in [0, 0.1) is 5.92 Å². The molecule has 0 aromatic heterocycles. The molecule has 1 amide bonds. The van der Waals surface area contributed by atoms with Gasteiger partial charge < -0.3 is 10.1 Å². The Kier molecular flexibility index (Phi) is 5.70. The van der Waals surface area contributed by atoms with Crippen molar-refractivity contribution in [3.05, 3.63) is 35.4 Å². The number of ether oxygens (including phenoxy) is 1. The summed E-state index contributed by atoms with van der Waals surface area (Å²) in [7, 11) is 1.67. The van der Waals surface area contributed by atoms with Crippen molar-refractivity contribution in [1.82, 2.24) is 5.32 Å². The molecule has 0 saturated heterocycles. The third-order valence-corrected chi connectivity index (χ3v) is 2.49. The van der Waals surface area contributed by atoms with Gasteiger partial charge in [0.1, 0.15) is 0 Å². The van der Waals surface area contributed by atoms with Crippen molar-refractivity contribution in [1.29, 1.82) is 0 Å². The van der Waals surface area contributed by atoms with E-state index in [2.05, 4.69) is 5.32 Å². The highest BCUT2D eigenvalue weighted by Crippen LogP contribution is 2.10. The van der Waals surface area contributed by atoms with Gasteiger partial charge in [-0.1, -0.05) is 38.1 Å². The van der Waals surface area contributed by atoms with Crippen LogP contribution in [0.1, 0.15) is 31.4 Å². The van der Waals surface area contributed by atoms with E-state index in [1.54, 1.807) is 7.11 Å². The third kappa shape index (κ3) is 5.00. The normalized spacial score (nSPS) is 10.6. The zero-order valence-electron chi connectivity index (χ0n) is 10.8. The van der Waals surface area contributed by atoms with Gasteiger partial charge in [-0.3, -0.25) is 4.79 Å². The average Bonchev–Trinajstić information content (AvgIpc) is 2.27. The topological polar surface area (TPSA) is 38.3 Å². The number of hydrogen-bond donors (Lipinski definition) is 1. The molecule has 0 saturated carbocycles. The van der Waals surface area contributed by atoms with Crippen LogP contribution in [0.2, 0.25) is 0 Å². The summed E-state index contributed by atoms with van der Waals surface area (Å²) in [5.41, 5.74) is 2.24. The van der Waals surface area contributed by atoms with E-state index in [-0.39, 0.29) is 5.91 Å². The monoisotopic (exact) mass is 235 g/mol. The van der Waals surface area contributed by atoms with Crippen LogP contribution >= 0.6 is 0 Å². The quantitative estimate of drug-likeness (QED) is 0.822. The predicted molar refractivity (Wildman–Crippen MR) is 68.5 cm³/mol. The van der Waals surface area contributed by atoms with Crippen molar-refractivity contribution < 1.29 is 9.53 Å². The molecule has 1 rings (SSSR count). The van der Waals surface area contributed by atoms with E-state index in [0.717, 1.165) is 11.1 Å². The van der Waals surface area contributed by atoms with Crippen molar-refractivity contribution in [2.24, 2.45) is 5.92 Å². The van der Waals surface area contributed by atoms with E-state index in [4.69, 9.17) is 4.74 Å². The number of carbonyl (C=O) groups excluding carboxylic acids is 1. The van der Waals surface area contributed by atoms with Gasteiger partial charge in [0.05, 0.1) is 6.61 Å². The molecule has 0 aliphatic rings. The summed E-state index contributed by atoms with van der Waals surface area (Å²) in [5, 5.41) is 2.93. The van der Waals surface area contributed by atoms with Gasteiger partial charge >= 0.3 is 0 Å². The highest BCUT2D eigenvalue weighted by atomic mass is 16.5. The SMILES string of the molecule is COCc1ccccc1CNC(=O)CC(C)C. The maximum absolute atomic E-state index is 11.6. The maximum atomic E-state index is 11.6. The lowest BCUT2D eigenvalue weighted by Crippen LogP contribution is -2.24. The van der Waals surface area contributed by atoms with Gasteiger partial charge in [0, 0.05) is 20.1 Å². The first-order chi connectivity index (χ1) is 8.13. The number of nitrogens with one attached hydrogen (secondary N) is 1. The minimum Gasteiger partial charge on any atom is -0.380 e. The zero-order chi connectivity index (χ0) is 12.7. The number of carbonyl (C=O) groups is 1. The van der Waals surface area contributed by atoms with E-state index in [9.17, 15) is 4.79 Å². The fraction of sp³-hybridized carbons (Fsp3) is 0.500. The van der Waals surface area contributed by atoms with E-state index in [1.165, 1.54) is 0 Å². The fourth-order valence-corrected chi connectivity index (χ4v) is 1.66. The van der Waals surface area contributed by atoms with Gasteiger partial charge in [0.2, 0.25) is 5.91 Å². The summed E-state index contributed by atoms with van der Waals surface area (Å²) < 4.78 is 5.13. The lowest BCUT2D eigenvalue weighted by Gasteiger charge is -2.10. The van der Waals surface area contributed by atoms with Gasteiger partial charge in [-0.2, -0.15) is 0 Å². The molecule has 0 aliphatic carbocycles. The lowest BCUT2D eigenvalue weighted by molar-refractivity contribution is -0.121. The number of benzene rings is 1. The van der Waals surface area contributed by atoms with Crippen molar-refractivity contribution in [3.63, 3.8) is 0 Å². The summed E-state index contributed by atoms with van der Waals surface area (Å²) in [6.07, 6.45) is 0.576. The molecule has 94 valence electrons. The summed E-state index contributed by atoms with van der Waals surface area (Å²) in [6.45, 7) is 5.23. The van der Waals surface area contributed by atoms with Crippen molar-refractivity contribution in [2.75, 3.05) is 7.11 Å². The molecule has 1 aromatic rings. The third-order valence-electron chi connectivity index (χ3n) is 2.49. The van der Waals surface area contributed by atoms with Gasteiger partial charge in [0.25, 0.3) is 0 Å². The summed E-state index contributed by atoms with van der Waals surface area (Å²) >= 11 is 0. The Morgan fingerprint density at radius 2 is 1.94 bits per heavy atom. The van der Waals surface area contributed by atoms with Crippen LogP contribution in [-0.2, 0) is 22.7 Å². The second-order valence-corrected chi connectivity index (χ2v) is 4.58. The standard InChI is InChI=1S/C14H21NO2/c1-11(2)8-14(16)15-9-12-6-4-5-7-13(12)10-17-3/h4-7,11H,8-10H2,1-3H3,(H,15,16). The Labute approximate surface area is 103 Å². The fourth-order valence-electron chi connectivity index (χ4n) is 1.66. The minimum atomic E-state index is 0.104. The van der Waals surface area contributed by atoms with Crippen LogP contribution in [0.15, 0.2) is 24.3 Å². The molecule has 0 fully saturated rings. The van der Waals surface area contributed by atoms with E-state index < -0.39 is 0 Å². The molecule has 0 unspecified atom stereocenters.